The van der Waals surface area contributed by atoms with Crippen molar-refractivity contribution in [2.75, 3.05) is 27.2 Å². The molecule has 0 aliphatic carbocycles. The number of likely N-dealkylation sites (N-methyl/N-ethyl adjacent to an activating group) is 2. The zero-order chi connectivity index (χ0) is 9.56. The number of piperidine rings is 1. The Balaban J connectivity index is 0.000000561. The van der Waals surface area contributed by atoms with Crippen LogP contribution >= 0.6 is 0 Å². The van der Waals surface area contributed by atoms with E-state index in [1.807, 2.05) is 27.9 Å². The fourth-order valence-corrected chi connectivity index (χ4v) is 1.50. The number of hydrogen-bond donors (Lipinski definition) is 2. The van der Waals surface area contributed by atoms with Gasteiger partial charge in [-0.1, -0.05) is 13.8 Å². The molecule has 3 nitrogen and oxygen atoms in total. The standard InChI is InChI=1S/C7H16N2O.C2H6/c1-8-6-3-7(10)5-9(2)4-6;1-2/h6-8,10H,3-5H2,1-2H3;1-2H3. The lowest BCUT2D eigenvalue weighted by atomic mass is 10.0. The van der Waals surface area contributed by atoms with Gasteiger partial charge in [-0.05, 0) is 20.5 Å². The molecule has 0 saturated carbocycles. The van der Waals surface area contributed by atoms with Gasteiger partial charge in [-0.2, -0.15) is 0 Å². The quantitative estimate of drug-likeness (QED) is 0.600. The van der Waals surface area contributed by atoms with Crippen LogP contribution in [0.5, 0.6) is 0 Å². The Labute approximate surface area is 75.8 Å². The molecule has 0 radical (unpaired) electrons. The summed E-state index contributed by atoms with van der Waals surface area (Å²) in [4.78, 5) is 2.15. The van der Waals surface area contributed by atoms with Crippen LogP contribution in [0.2, 0.25) is 0 Å². The molecule has 74 valence electrons. The van der Waals surface area contributed by atoms with Crippen molar-refractivity contribution in [2.45, 2.75) is 32.4 Å². The summed E-state index contributed by atoms with van der Waals surface area (Å²) in [5.41, 5.74) is 0. The molecule has 1 rings (SSSR count). The van der Waals surface area contributed by atoms with Crippen LogP contribution in [0, 0.1) is 0 Å². The van der Waals surface area contributed by atoms with Gasteiger partial charge in [-0.15, -0.1) is 0 Å². The summed E-state index contributed by atoms with van der Waals surface area (Å²) in [7, 11) is 3.98. The molecule has 1 aliphatic rings. The Bertz CT molecular complexity index is 98.7. The van der Waals surface area contributed by atoms with Crippen molar-refractivity contribution in [2.24, 2.45) is 0 Å². The van der Waals surface area contributed by atoms with Crippen LogP contribution in [-0.4, -0.2) is 49.3 Å². The summed E-state index contributed by atoms with van der Waals surface area (Å²) < 4.78 is 0. The zero-order valence-electron chi connectivity index (χ0n) is 8.67. The number of nitrogens with zero attached hydrogens (tertiary/aromatic N) is 1. The minimum atomic E-state index is -0.142. The van der Waals surface area contributed by atoms with Gasteiger partial charge in [0, 0.05) is 19.1 Å². The van der Waals surface area contributed by atoms with E-state index in [9.17, 15) is 5.11 Å². The molecular formula is C9H22N2O. The molecule has 2 unspecified atom stereocenters. The van der Waals surface area contributed by atoms with Crippen molar-refractivity contribution in [1.82, 2.24) is 10.2 Å². The lowest BCUT2D eigenvalue weighted by molar-refractivity contribution is 0.0671. The van der Waals surface area contributed by atoms with Gasteiger partial charge in [-0.25, -0.2) is 0 Å². The van der Waals surface area contributed by atoms with Crippen molar-refractivity contribution in [3.05, 3.63) is 0 Å². The first kappa shape index (κ1) is 11.9. The molecule has 0 spiro atoms. The van der Waals surface area contributed by atoms with Gasteiger partial charge in [0.1, 0.15) is 0 Å². The van der Waals surface area contributed by atoms with Gasteiger partial charge >= 0.3 is 0 Å². The van der Waals surface area contributed by atoms with Gasteiger partial charge < -0.3 is 15.3 Å². The predicted octanol–water partition coefficient (Wildman–Crippen LogP) is 0.297. The van der Waals surface area contributed by atoms with Crippen LogP contribution in [0.3, 0.4) is 0 Å². The van der Waals surface area contributed by atoms with Gasteiger partial charge in [0.05, 0.1) is 6.10 Å². The summed E-state index contributed by atoms with van der Waals surface area (Å²) in [6, 6.07) is 0.466. The van der Waals surface area contributed by atoms with Crippen LogP contribution in [0.15, 0.2) is 0 Å². The maximum absolute atomic E-state index is 9.30. The van der Waals surface area contributed by atoms with E-state index in [-0.39, 0.29) is 6.10 Å². The third-order valence-corrected chi connectivity index (χ3v) is 2.02. The fraction of sp³-hybridized carbons (Fsp3) is 1.00. The number of nitrogens with one attached hydrogen (secondary N) is 1. The Morgan fingerprint density at radius 3 is 2.33 bits per heavy atom. The van der Waals surface area contributed by atoms with E-state index in [2.05, 4.69) is 10.2 Å². The molecule has 1 aliphatic heterocycles. The van der Waals surface area contributed by atoms with E-state index in [0.29, 0.717) is 6.04 Å². The molecule has 0 aromatic rings. The van der Waals surface area contributed by atoms with E-state index >= 15 is 0 Å². The fourth-order valence-electron chi connectivity index (χ4n) is 1.50. The van der Waals surface area contributed by atoms with E-state index < -0.39 is 0 Å². The third kappa shape index (κ3) is 4.04. The monoisotopic (exact) mass is 174 g/mol. The van der Waals surface area contributed by atoms with Gasteiger partial charge in [-0.3, -0.25) is 0 Å². The summed E-state index contributed by atoms with van der Waals surface area (Å²) in [6.45, 7) is 5.87. The molecule has 2 N–H and O–H groups in total. The lowest BCUT2D eigenvalue weighted by Gasteiger charge is -2.32. The lowest BCUT2D eigenvalue weighted by Crippen LogP contribution is -2.48. The average Bonchev–Trinajstić information content (AvgIpc) is 2.06. The third-order valence-electron chi connectivity index (χ3n) is 2.02. The summed E-state index contributed by atoms with van der Waals surface area (Å²) in [6.07, 6.45) is 0.747. The van der Waals surface area contributed by atoms with Crippen LogP contribution in [-0.2, 0) is 0 Å². The van der Waals surface area contributed by atoms with Crippen LogP contribution in [0.25, 0.3) is 0 Å². The number of aliphatic hydroxyl groups excluding tert-OH is 1. The van der Waals surface area contributed by atoms with Gasteiger partial charge in [0.15, 0.2) is 0 Å². The first-order valence-electron chi connectivity index (χ1n) is 4.76. The van der Waals surface area contributed by atoms with Crippen LogP contribution < -0.4 is 5.32 Å². The Hall–Kier alpha value is -0.120. The second kappa shape index (κ2) is 6.40. The Morgan fingerprint density at radius 2 is 1.92 bits per heavy atom. The average molecular weight is 174 g/mol. The highest BCUT2D eigenvalue weighted by molar-refractivity contribution is 4.80. The SMILES string of the molecule is CC.CNC1CC(O)CN(C)C1. The number of rotatable bonds is 1. The van der Waals surface area contributed by atoms with Crippen molar-refractivity contribution >= 4 is 0 Å². The molecule has 1 fully saturated rings. The molecule has 0 aromatic heterocycles. The first-order chi connectivity index (χ1) is 5.72. The smallest absolute Gasteiger partial charge is 0.0682 e. The van der Waals surface area contributed by atoms with E-state index in [1.54, 1.807) is 0 Å². The predicted molar refractivity (Wildman–Crippen MR) is 52.3 cm³/mol. The normalized spacial score (nSPS) is 30.8. The molecule has 0 amide bonds. The molecule has 0 bridgehead atoms. The second-order valence-electron chi connectivity index (χ2n) is 3.10. The molecule has 2 atom stereocenters. The second-order valence-corrected chi connectivity index (χ2v) is 3.10. The number of β-amino-alcohol motifs (C(OH)–C–C–N with tert-alkyl or cyclic N) is 1. The van der Waals surface area contributed by atoms with Crippen LogP contribution in [0.4, 0.5) is 0 Å². The minimum absolute atomic E-state index is 0.142. The summed E-state index contributed by atoms with van der Waals surface area (Å²) in [5, 5.41) is 12.5. The summed E-state index contributed by atoms with van der Waals surface area (Å²) >= 11 is 0. The molecular weight excluding hydrogens is 152 g/mol. The van der Waals surface area contributed by atoms with E-state index in [0.717, 1.165) is 19.5 Å². The van der Waals surface area contributed by atoms with Gasteiger partial charge in [0.25, 0.3) is 0 Å². The molecule has 3 heteroatoms. The molecule has 1 saturated heterocycles. The topological polar surface area (TPSA) is 35.5 Å². The highest BCUT2D eigenvalue weighted by Gasteiger charge is 2.21. The van der Waals surface area contributed by atoms with Gasteiger partial charge in [0.2, 0.25) is 0 Å². The number of aliphatic hydroxyl groups is 1. The largest absolute Gasteiger partial charge is 0.392 e. The van der Waals surface area contributed by atoms with E-state index in [4.69, 9.17) is 0 Å². The van der Waals surface area contributed by atoms with Crippen molar-refractivity contribution in [1.29, 1.82) is 0 Å². The van der Waals surface area contributed by atoms with Crippen molar-refractivity contribution < 1.29 is 5.11 Å². The number of likely N-dealkylation sites (tertiary alicyclic amines) is 1. The Kier molecular flexibility index (Phi) is 6.34. The molecule has 12 heavy (non-hydrogen) atoms. The summed E-state index contributed by atoms with van der Waals surface area (Å²) in [5.74, 6) is 0. The molecule has 0 aromatic carbocycles. The highest BCUT2D eigenvalue weighted by atomic mass is 16.3. The number of hydrogen-bond acceptors (Lipinski definition) is 3. The Morgan fingerprint density at radius 1 is 1.33 bits per heavy atom. The minimum Gasteiger partial charge on any atom is -0.392 e. The first-order valence-corrected chi connectivity index (χ1v) is 4.76. The maximum Gasteiger partial charge on any atom is 0.0682 e. The zero-order valence-corrected chi connectivity index (χ0v) is 8.67. The van der Waals surface area contributed by atoms with Crippen molar-refractivity contribution in [3.63, 3.8) is 0 Å². The molecule has 1 heterocycles. The van der Waals surface area contributed by atoms with Crippen molar-refractivity contribution in [3.8, 4) is 0 Å². The highest BCUT2D eigenvalue weighted by Crippen LogP contribution is 2.07. The maximum atomic E-state index is 9.30. The van der Waals surface area contributed by atoms with E-state index in [1.165, 1.54) is 0 Å². The van der Waals surface area contributed by atoms with Crippen LogP contribution in [0.1, 0.15) is 20.3 Å².